The Hall–Kier alpha value is -3.64. The number of nitrogens with one attached hydrogen (secondary N) is 1. The molecule has 9 nitrogen and oxygen atoms in total. The molecule has 1 N–H and O–H groups in total. The number of ether oxygens (including phenoxy) is 1. The average molecular weight is 522 g/mol. The Balaban J connectivity index is 1.93. The zero-order chi connectivity index (χ0) is 25.8. The summed E-state index contributed by atoms with van der Waals surface area (Å²) in [5.41, 5.74) is 0.226. The summed E-state index contributed by atoms with van der Waals surface area (Å²) < 4.78 is 71.8. The van der Waals surface area contributed by atoms with E-state index < -0.39 is 38.3 Å². The number of methoxy groups -OCH3 is 1. The molecule has 0 unspecified atom stereocenters. The molecule has 0 saturated heterocycles. The maximum atomic E-state index is 14.6. The van der Waals surface area contributed by atoms with Crippen molar-refractivity contribution < 1.29 is 30.8 Å². The molecule has 12 heteroatoms. The van der Waals surface area contributed by atoms with Crippen LogP contribution in [-0.2, 0) is 24.8 Å². The number of hydrogen-bond donors (Lipinski definition) is 1. The summed E-state index contributed by atoms with van der Waals surface area (Å²) in [5.74, 6) is -1.16. The predicted molar refractivity (Wildman–Crippen MR) is 132 cm³/mol. The van der Waals surface area contributed by atoms with Crippen LogP contribution in [0.3, 0.4) is 0 Å². The number of benzene rings is 3. The second-order valence-electron chi connectivity index (χ2n) is 7.47. The first-order valence-electron chi connectivity index (χ1n) is 10.2. The normalized spacial score (nSPS) is 11.5. The topological polar surface area (TPSA) is 113 Å². The van der Waals surface area contributed by atoms with Crippen molar-refractivity contribution in [2.45, 2.75) is 4.90 Å². The van der Waals surface area contributed by atoms with Crippen LogP contribution in [0.4, 0.5) is 21.5 Å². The molecule has 1 amide bonds. The highest BCUT2D eigenvalue weighted by molar-refractivity contribution is 7.93. The van der Waals surface area contributed by atoms with E-state index in [9.17, 15) is 26.0 Å². The molecular weight excluding hydrogens is 497 g/mol. The van der Waals surface area contributed by atoms with E-state index in [1.165, 1.54) is 80.9 Å². The summed E-state index contributed by atoms with van der Waals surface area (Å²) in [6.45, 7) is -0.735. The highest BCUT2D eigenvalue weighted by atomic mass is 32.2. The highest BCUT2D eigenvalue weighted by Crippen LogP contribution is 2.27. The first-order chi connectivity index (χ1) is 16.4. The number of nitrogens with zero attached hydrogens (tertiary/aromatic N) is 2. The lowest BCUT2D eigenvalue weighted by Gasteiger charge is -2.24. The number of amides is 1. The molecule has 0 fully saturated rings. The Morgan fingerprint density at radius 2 is 1.63 bits per heavy atom. The molecule has 0 spiro atoms. The van der Waals surface area contributed by atoms with Crippen molar-refractivity contribution in [3.8, 4) is 5.75 Å². The van der Waals surface area contributed by atoms with Crippen LogP contribution in [0.25, 0.3) is 0 Å². The SMILES string of the molecule is COc1ccc(S(=O)(=O)N(CC(=O)Nc2cccc(N(C)S(C)(=O)=O)c2)c2ccccc2F)cc1. The predicted octanol–water partition coefficient (Wildman–Crippen LogP) is 3.06. The van der Waals surface area contributed by atoms with Crippen LogP contribution >= 0.6 is 0 Å². The highest BCUT2D eigenvalue weighted by Gasteiger charge is 2.29. The molecule has 0 saturated carbocycles. The van der Waals surface area contributed by atoms with Crippen LogP contribution in [0.15, 0.2) is 77.7 Å². The Kier molecular flexibility index (Phi) is 7.66. The van der Waals surface area contributed by atoms with E-state index in [4.69, 9.17) is 4.74 Å². The number of carbonyl (C=O) groups is 1. The van der Waals surface area contributed by atoms with E-state index in [0.717, 1.165) is 16.6 Å². The van der Waals surface area contributed by atoms with Crippen molar-refractivity contribution >= 4 is 43.0 Å². The minimum absolute atomic E-state index is 0.161. The third-order valence-electron chi connectivity index (χ3n) is 5.05. The van der Waals surface area contributed by atoms with Crippen LogP contribution in [0.2, 0.25) is 0 Å². The van der Waals surface area contributed by atoms with Crippen LogP contribution < -0.4 is 18.7 Å². The van der Waals surface area contributed by atoms with E-state index in [0.29, 0.717) is 15.7 Å². The minimum Gasteiger partial charge on any atom is -0.497 e. The maximum Gasteiger partial charge on any atom is 0.264 e. The maximum absolute atomic E-state index is 14.6. The van der Waals surface area contributed by atoms with Gasteiger partial charge in [0.15, 0.2) is 0 Å². The van der Waals surface area contributed by atoms with Gasteiger partial charge in [0, 0.05) is 12.7 Å². The second kappa shape index (κ2) is 10.3. The van der Waals surface area contributed by atoms with Gasteiger partial charge in [0.2, 0.25) is 15.9 Å². The summed E-state index contributed by atoms with van der Waals surface area (Å²) in [7, 11) is -5.08. The minimum atomic E-state index is -4.34. The van der Waals surface area contributed by atoms with Gasteiger partial charge in [0.1, 0.15) is 18.1 Å². The third-order valence-corrected chi connectivity index (χ3v) is 8.03. The van der Waals surface area contributed by atoms with Gasteiger partial charge in [-0.2, -0.15) is 0 Å². The van der Waals surface area contributed by atoms with Gasteiger partial charge in [0.05, 0.1) is 29.6 Å². The quantitative estimate of drug-likeness (QED) is 0.463. The Morgan fingerprint density at radius 3 is 2.23 bits per heavy atom. The summed E-state index contributed by atoms with van der Waals surface area (Å²) in [6, 6.07) is 16.7. The summed E-state index contributed by atoms with van der Waals surface area (Å²) in [5, 5.41) is 2.54. The van der Waals surface area contributed by atoms with Crippen molar-refractivity contribution in [3.05, 3.63) is 78.6 Å². The molecule has 0 heterocycles. The summed E-state index contributed by atoms with van der Waals surface area (Å²) in [4.78, 5) is 12.7. The van der Waals surface area contributed by atoms with Gasteiger partial charge >= 0.3 is 0 Å². The third kappa shape index (κ3) is 6.08. The van der Waals surface area contributed by atoms with Crippen LogP contribution in [0.1, 0.15) is 0 Å². The molecule has 35 heavy (non-hydrogen) atoms. The number of para-hydroxylation sites is 1. The Labute approximate surface area is 203 Å². The smallest absolute Gasteiger partial charge is 0.264 e. The molecule has 0 aliphatic heterocycles. The second-order valence-corrected chi connectivity index (χ2v) is 11.3. The van der Waals surface area contributed by atoms with Crippen molar-refractivity contribution in [2.24, 2.45) is 0 Å². The fourth-order valence-electron chi connectivity index (χ4n) is 3.13. The monoisotopic (exact) mass is 521 g/mol. The van der Waals surface area contributed by atoms with Crippen molar-refractivity contribution in [3.63, 3.8) is 0 Å². The van der Waals surface area contributed by atoms with Gasteiger partial charge in [-0.25, -0.2) is 21.2 Å². The van der Waals surface area contributed by atoms with Gasteiger partial charge in [-0.15, -0.1) is 0 Å². The summed E-state index contributed by atoms with van der Waals surface area (Å²) in [6.07, 6.45) is 1.04. The Morgan fingerprint density at radius 1 is 0.971 bits per heavy atom. The molecule has 186 valence electrons. The molecule has 3 aromatic rings. The van der Waals surface area contributed by atoms with Crippen molar-refractivity contribution in [2.75, 3.05) is 40.9 Å². The number of halogens is 1. The average Bonchev–Trinajstić information content (AvgIpc) is 2.82. The lowest BCUT2D eigenvalue weighted by molar-refractivity contribution is -0.114. The van der Waals surface area contributed by atoms with Crippen LogP contribution in [0, 0.1) is 5.82 Å². The van der Waals surface area contributed by atoms with E-state index in [1.807, 2.05) is 0 Å². The first-order valence-corrected chi connectivity index (χ1v) is 13.5. The molecule has 0 aliphatic carbocycles. The molecule has 0 bridgehead atoms. The number of rotatable bonds is 9. The standard InChI is InChI=1S/C23H24FN3O6S2/c1-26(34(3,29)30)18-8-6-7-17(15-18)25-23(28)16-27(22-10-5-4-9-21(22)24)35(31,32)20-13-11-19(33-2)12-14-20/h4-15H,16H2,1-3H3,(H,25,28). The van der Waals surface area contributed by atoms with E-state index in [1.54, 1.807) is 0 Å². The number of sulfonamides is 2. The zero-order valence-corrected chi connectivity index (χ0v) is 20.8. The fourth-order valence-corrected chi connectivity index (χ4v) is 5.06. The van der Waals surface area contributed by atoms with E-state index in [2.05, 4.69) is 5.32 Å². The molecule has 0 radical (unpaired) electrons. The van der Waals surface area contributed by atoms with Gasteiger partial charge < -0.3 is 10.1 Å². The summed E-state index contributed by atoms with van der Waals surface area (Å²) >= 11 is 0. The Bertz CT molecular complexity index is 1430. The van der Waals surface area contributed by atoms with Crippen molar-refractivity contribution in [1.82, 2.24) is 0 Å². The molecule has 0 aliphatic rings. The van der Waals surface area contributed by atoms with E-state index >= 15 is 0 Å². The lowest BCUT2D eigenvalue weighted by Crippen LogP contribution is -2.38. The fraction of sp³-hybridized carbons (Fsp3) is 0.174. The van der Waals surface area contributed by atoms with Crippen LogP contribution in [0.5, 0.6) is 5.75 Å². The number of anilines is 3. The van der Waals surface area contributed by atoms with Crippen LogP contribution in [-0.4, -0.2) is 49.7 Å². The largest absolute Gasteiger partial charge is 0.497 e. The zero-order valence-electron chi connectivity index (χ0n) is 19.2. The molecule has 3 rings (SSSR count). The first kappa shape index (κ1) is 26.0. The molecule has 0 atom stereocenters. The number of carbonyl (C=O) groups excluding carboxylic acids is 1. The van der Waals surface area contributed by atoms with Crippen molar-refractivity contribution in [1.29, 1.82) is 0 Å². The van der Waals surface area contributed by atoms with Gasteiger partial charge in [-0.1, -0.05) is 18.2 Å². The molecule has 3 aromatic carbocycles. The molecule has 0 aromatic heterocycles. The lowest BCUT2D eigenvalue weighted by atomic mass is 10.2. The van der Waals surface area contributed by atoms with Gasteiger partial charge in [-0.05, 0) is 54.6 Å². The van der Waals surface area contributed by atoms with E-state index in [-0.39, 0.29) is 16.3 Å². The number of hydrogen-bond acceptors (Lipinski definition) is 6. The molecular formula is C23H24FN3O6S2. The van der Waals surface area contributed by atoms with Gasteiger partial charge in [-0.3, -0.25) is 13.4 Å². The van der Waals surface area contributed by atoms with Gasteiger partial charge in [0.25, 0.3) is 10.0 Å².